The number of benzene rings is 1. The molecule has 0 spiro atoms. The molecule has 0 aliphatic heterocycles. The van der Waals surface area contributed by atoms with E-state index in [1.165, 1.54) is 18.9 Å². The highest BCUT2D eigenvalue weighted by molar-refractivity contribution is 9.10. The summed E-state index contributed by atoms with van der Waals surface area (Å²) >= 11 is 3.41. The van der Waals surface area contributed by atoms with Gasteiger partial charge in [0.1, 0.15) is 5.82 Å². The summed E-state index contributed by atoms with van der Waals surface area (Å²) in [4.78, 5) is 0. The van der Waals surface area contributed by atoms with Crippen molar-refractivity contribution >= 4 is 15.9 Å². The van der Waals surface area contributed by atoms with E-state index in [1.54, 1.807) is 6.07 Å². The fraction of sp³-hybridized carbons (Fsp3) is 0.571. The van der Waals surface area contributed by atoms with Crippen molar-refractivity contribution in [1.29, 1.82) is 0 Å². The van der Waals surface area contributed by atoms with Gasteiger partial charge in [-0.15, -0.1) is 0 Å². The van der Waals surface area contributed by atoms with Gasteiger partial charge in [-0.3, -0.25) is 0 Å². The van der Waals surface area contributed by atoms with Gasteiger partial charge in [-0.05, 0) is 36.8 Å². The summed E-state index contributed by atoms with van der Waals surface area (Å²) < 4.78 is 14.6. The van der Waals surface area contributed by atoms with Gasteiger partial charge in [0.25, 0.3) is 0 Å². The molecule has 1 aliphatic rings. The van der Waals surface area contributed by atoms with Crippen LogP contribution in [0.3, 0.4) is 0 Å². The van der Waals surface area contributed by atoms with E-state index in [0.29, 0.717) is 11.5 Å². The van der Waals surface area contributed by atoms with Crippen molar-refractivity contribution in [3.05, 3.63) is 34.1 Å². The Labute approximate surface area is 111 Å². The number of hydrogen-bond acceptors (Lipinski definition) is 1. The minimum absolute atomic E-state index is 0.182. The summed E-state index contributed by atoms with van der Waals surface area (Å²) in [5.74, 6) is 1.02. The molecule has 3 heteroatoms. The van der Waals surface area contributed by atoms with Gasteiger partial charge < -0.3 is 5.73 Å². The van der Waals surface area contributed by atoms with Crippen LogP contribution in [0.1, 0.15) is 44.2 Å². The standard InChI is InChI=1S/C14H19BrFN/c1-9-5-7-10(8-6-9)14(17)13-11(15)3-2-4-12(13)16/h2-4,9-10,14H,5-8,17H2,1H3. The Kier molecular flexibility index (Phi) is 4.21. The maximum atomic E-state index is 13.8. The Morgan fingerprint density at radius 3 is 2.53 bits per heavy atom. The normalized spacial score (nSPS) is 26.8. The van der Waals surface area contributed by atoms with Crippen LogP contribution in [0.15, 0.2) is 22.7 Å². The van der Waals surface area contributed by atoms with Gasteiger partial charge in [0, 0.05) is 16.1 Å². The van der Waals surface area contributed by atoms with Gasteiger partial charge in [0.2, 0.25) is 0 Å². The molecule has 2 N–H and O–H groups in total. The number of hydrogen-bond donors (Lipinski definition) is 1. The first-order valence-electron chi connectivity index (χ1n) is 6.29. The van der Waals surface area contributed by atoms with Gasteiger partial charge in [-0.1, -0.05) is 41.8 Å². The van der Waals surface area contributed by atoms with Crippen molar-refractivity contribution in [2.45, 2.75) is 38.6 Å². The SMILES string of the molecule is CC1CCC(C(N)c2c(F)cccc2Br)CC1. The Morgan fingerprint density at radius 2 is 1.94 bits per heavy atom. The van der Waals surface area contributed by atoms with Crippen molar-refractivity contribution in [2.24, 2.45) is 17.6 Å². The third kappa shape index (κ3) is 2.89. The fourth-order valence-electron chi connectivity index (χ4n) is 2.71. The zero-order chi connectivity index (χ0) is 12.4. The molecule has 2 rings (SSSR count). The van der Waals surface area contributed by atoms with Crippen LogP contribution in [0.4, 0.5) is 4.39 Å². The molecule has 1 saturated carbocycles. The zero-order valence-corrected chi connectivity index (χ0v) is 11.7. The van der Waals surface area contributed by atoms with Crippen molar-refractivity contribution in [3.8, 4) is 0 Å². The highest BCUT2D eigenvalue weighted by Crippen LogP contribution is 2.38. The largest absolute Gasteiger partial charge is 0.324 e. The van der Waals surface area contributed by atoms with E-state index < -0.39 is 0 Å². The van der Waals surface area contributed by atoms with Crippen molar-refractivity contribution < 1.29 is 4.39 Å². The third-order valence-electron chi connectivity index (χ3n) is 3.90. The molecule has 1 unspecified atom stereocenters. The summed E-state index contributed by atoms with van der Waals surface area (Å²) in [6.07, 6.45) is 4.65. The van der Waals surface area contributed by atoms with E-state index in [9.17, 15) is 4.39 Å². The van der Waals surface area contributed by atoms with Gasteiger partial charge >= 0.3 is 0 Å². The molecule has 0 saturated heterocycles. The molecule has 0 radical (unpaired) electrons. The van der Waals surface area contributed by atoms with E-state index in [4.69, 9.17) is 5.73 Å². The summed E-state index contributed by atoms with van der Waals surface area (Å²) in [5, 5.41) is 0. The number of rotatable bonds is 2. The highest BCUT2D eigenvalue weighted by Gasteiger charge is 2.27. The van der Waals surface area contributed by atoms with Crippen LogP contribution in [-0.4, -0.2) is 0 Å². The number of halogens is 2. The van der Waals surface area contributed by atoms with Gasteiger partial charge in [0.05, 0.1) is 0 Å². The maximum absolute atomic E-state index is 13.8. The molecular weight excluding hydrogens is 281 g/mol. The van der Waals surface area contributed by atoms with Crippen LogP contribution in [0, 0.1) is 17.7 Å². The second kappa shape index (κ2) is 5.49. The first-order valence-corrected chi connectivity index (χ1v) is 7.08. The van der Waals surface area contributed by atoms with Gasteiger partial charge in [0.15, 0.2) is 0 Å². The molecule has 1 atom stereocenters. The molecule has 1 aliphatic carbocycles. The predicted molar refractivity (Wildman–Crippen MR) is 72.2 cm³/mol. The molecule has 1 aromatic rings. The Bertz CT molecular complexity index is 366. The van der Waals surface area contributed by atoms with E-state index in [-0.39, 0.29) is 11.9 Å². The predicted octanol–water partition coefficient (Wildman–Crippen LogP) is 4.41. The smallest absolute Gasteiger partial charge is 0.129 e. The summed E-state index contributed by atoms with van der Waals surface area (Å²) in [7, 11) is 0. The van der Waals surface area contributed by atoms with Crippen molar-refractivity contribution in [2.75, 3.05) is 0 Å². The monoisotopic (exact) mass is 299 g/mol. The zero-order valence-electron chi connectivity index (χ0n) is 10.1. The summed E-state index contributed by atoms with van der Waals surface area (Å²) in [6, 6.07) is 4.88. The van der Waals surface area contributed by atoms with Crippen LogP contribution in [0.25, 0.3) is 0 Å². The third-order valence-corrected chi connectivity index (χ3v) is 4.59. The quantitative estimate of drug-likeness (QED) is 0.860. The molecule has 94 valence electrons. The lowest BCUT2D eigenvalue weighted by molar-refractivity contribution is 0.253. The van der Waals surface area contributed by atoms with Crippen LogP contribution in [0.5, 0.6) is 0 Å². The lowest BCUT2D eigenvalue weighted by Crippen LogP contribution is -2.26. The summed E-state index contributed by atoms with van der Waals surface area (Å²) in [5.41, 5.74) is 6.89. The molecule has 0 amide bonds. The van der Waals surface area contributed by atoms with Gasteiger partial charge in [-0.25, -0.2) is 4.39 Å². The molecular formula is C14H19BrFN. The second-order valence-electron chi connectivity index (χ2n) is 5.18. The Morgan fingerprint density at radius 1 is 1.29 bits per heavy atom. The van der Waals surface area contributed by atoms with E-state index in [2.05, 4.69) is 22.9 Å². The lowest BCUT2D eigenvalue weighted by Gasteiger charge is -2.31. The van der Waals surface area contributed by atoms with Gasteiger partial charge in [-0.2, -0.15) is 0 Å². The molecule has 0 aromatic heterocycles. The highest BCUT2D eigenvalue weighted by atomic mass is 79.9. The molecule has 1 fully saturated rings. The lowest BCUT2D eigenvalue weighted by atomic mass is 9.77. The van der Waals surface area contributed by atoms with E-state index in [0.717, 1.165) is 23.2 Å². The average molecular weight is 300 g/mol. The van der Waals surface area contributed by atoms with Crippen LogP contribution in [0.2, 0.25) is 0 Å². The van der Waals surface area contributed by atoms with Crippen LogP contribution < -0.4 is 5.73 Å². The molecule has 1 aromatic carbocycles. The van der Waals surface area contributed by atoms with E-state index in [1.807, 2.05) is 6.07 Å². The Hall–Kier alpha value is -0.410. The average Bonchev–Trinajstić information content (AvgIpc) is 2.29. The topological polar surface area (TPSA) is 26.0 Å². The maximum Gasteiger partial charge on any atom is 0.129 e. The van der Waals surface area contributed by atoms with Crippen LogP contribution >= 0.6 is 15.9 Å². The minimum Gasteiger partial charge on any atom is -0.324 e. The van der Waals surface area contributed by atoms with E-state index >= 15 is 0 Å². The molecule has 1 nitrogen and oxygen atoms in total. The van der Waals surface area contributed by atoms with Crippen molar-refractivity contribution in [3.63, 3.8) is 0 Å². The number of nitrogens with two attached hydrogens (primary N) is 1. The second-order valence-corrected chi connectivity index (χ2v) is 6.04. The minimum atomic E-state index is -0.189. The van der Waals surface area contributed by atoms with Crippen LogP contribution in [-0.2, 0) is 0 Å². The first kappa shape index (κ1) is 13.0. The molecule has 17 heavy (non-hydrogen) atoms. The molecule has 0 heterocycles. The first-order chi connectivity index (χ1) is 8.09. The fourth-order valence-corrected chi connectivity index (χ4v) is 3.32. The Balaban J connectivity index is 2.16. The molecule has 0 bridgehead atoms. The summed E-state index contributed by atoms with van der Waals surface area (Å²) in [6.45, 7) is 2.28. The van der Waals surface area contributed by atoms with Crippen molar-refractivity contribution in [1.82, 2.24) is 0 Å².